The van der Waals surface area contributed by atoms with Gasteiger partial charge in [0.1, 0.15) is 33.4 Å². The van der Waals surface area contributed by atoms with Crippen molar-refractivity contribution < 1.29 is 25.7 Å². The van der Waals surface area contributed by atoms with Crippen molar-refractivity contribution in [1.29, 1.82) is 0 Å². The summed E-state index contributed by atoms with van der Waals surface area (Å²) in [6.45, 7) is -1.05. The maximum atomic E-state index is 16.4. The lowest BCUT2D eigenvalue weighted by atomic mass is 9.85. The number of alkyl halides is 2. The summed E-state index contributed by atoms with van der Waals surface area (Å²) in [4.78, 5) is 24.8. The van der Waals surface area contributed by atoms with E-state index in [4.69, 9.17) is 4.11 Å². The number of nitrogens with one attached hydrogen (secondary N) is 1. The highest BCUT2D eigenvalue weighted by molar-refractivity contribution is 7.91. The molecule has 2 fully saturated rings. The summed E-state index contributed by atoms with van der Waals surface area (Å²) in [5.74, 6) is -6.63. The quantitative estimate of drug-likeness (QED) is 0.301. The van der Waals surface area contributed by atoms with Crippen LogP contribution in [0.15, 0.2) is 41.6 Å². The van der Waals surface area contributed by atoms with Crippen molar-refractivity contribution in [3.63, 3.8) is 0 Å². The van der Waals surface area contributed by atoms with Crippen LogP contribution in [0.1, 0.15) is 83.8 Å². The topological polar surface area (TPSA) is 128 Å². The van der Waals surface area contributed by atoms with Gasteiger partial charge in [0.15, 0.2) is 0 Å². The molecular formula is C33H39F3N8O3S. The normalized spacial score (nSPS) is 26.1. The molecule has 1 N–H and O–H groups in total. The number of piperidine rings is 1. The summed E-state index contributed by atoms with van der Waals surface area (Å²) >= 11 is 0. The van der Waals surface area contributed by atoms with Crippen LogP contribution in [-0.2, 0) is 35.4 Å². The van der Waals surface area contributed by atoms with Gasteiger partial charge in [-0.15, -0.1) is 5.10 Å². The van der Waals surface area contributed by atoms with Crippen LogP contribution in [0.4, 0.5) is 19.0 Å². The fraction of sp³-hybridized carbons (Fsp3) is 0.545. The zero-order valence-electron chi connectivity index (χ0n) is 29.3. The molecule has 4 aromatic rings. The Balaban J connectivity index is 1.36. The first kappa shape index (κ1) is 29.1. The molecule has 3 aromatic heterocycles. The molecule has 1 aromatic carbocycles. The van der Waals surface area contributed by atoms with Crippen LogP contribution in [-0.4, -0.2) is 67.4 Å². The van der Waals surface area contributed by atoms with E-state index in [1.807, 2.05) is 11.1 Å². The van der Waals surface area contributed by atoms with Gasteiger partial charge in [-0.05, 0) is 70.5 Å². The summed E-state index contributed by atoms with van der Waals surface area (Å²) < 4.78 is 101. The Morgan fingerprint density at radius 2 is 1.79 bits per heavy atom. The zero-order chi connectivity index (χ0) is 36.1. The SMILES string of the molecule is [2H]C([2H])([2H])[C@H]1Nc2ncnc3c2cc(C2CCS(=O)(=O)CC2)c(=O)n3CCCCn2cc(nn2)CN2CCC(CC2)C(F)(F)c2cccc1c2F. The minimum atomic E-state index is -3.58. The number of hydrogen-bond acceptors (Lipinski definition) is 9. The number of aromatic nitrogens is 6. The minimum absolute atomic E-state index is 0.0271. The fourth-order valence-corrected chi connectivity index (χ4v) is 8.72. The smallest absolute Gasteiger partial charge is 0.278 e. The fourth-order valence-electron chi connectivity index (χ4n) is 7.23. The lowest BCUT2D eigenvalue weighted by Crippen LogP contribution is -2.39. The van der Waals surface area contributed by atoms with Crippen molar-refractivity contribution in [3.05, 3.63) is 75.3 Å². The zero-order valence-corrected chi connectivity index (χ0v) is 27.1. The summed E-state index contributed by atoms with van der Waals surface area (Å²) in [6, 6.07) is 3.19. The number of benzene rings is 1. The second kappa shape index (κ2) is 12.9. The molecule has 2 saturated heterocycles. The lowest BCUT2D eigenvalue weighted by Gasteiger charge is -2.36. The Labute approximate surface area is 280 Å². The molecule has 0 spiro atoms. The highest BCUT2D eigenvalue weighted by Gasteiger charge is 2.45. The summed E-state index contributed by atoms with van der Waals surface area (Å²) in [6.07, 6.45) is 4.82. The highest BCUT2D eigenvalue weighted by Crippen LogP contribution is 2.44. The predicted molar refractivity (Wildman–Crippen MR) is 174 cm³/mol. The van der Waals surface area contributed by atoms with E-state index in [0.29, 0.717) is 50.3 Å². The number of sulfone groups is 1. The molecule has 11 nitrogen and oxygen atoms in total. The molecule has 4 aliphatic rings. The molecule has 8 rings (SSSR count). The maximum absolute atomic E-state index is 16.4. The van der Waals surface area contributed by atoms with E-state index in [-0.39, 0.29) is 66.1 Å². The van der Waals surface area contributed by atoms with Crippen molar-refractivity contribution in [3.8, 4) is 0 Å². The van der Waals surface area contributed by atoms with Gasteiger partial charge in [0.2, 0.25) is 0 Å². The average Bonchev–Trinajstić information content (AvgIpc) is 3.53. The first-order chi connectivity index (χ1) is 24.2. The molecule has 0 amide bonds. The van der Waals surface area contributed by atoms with Gasteiger partial charge >= 0.3 is 0 Å². The average molecular weight is 688 g/mol. The summed E-state index contributed by atoms with van der Waals surface area (Å²) in [5.41, 5.74) is -0.439. The van der Waals surface area contributed by atoms with Gasteiger partial charge in [-0.3, -0.25) is 18.9 Å². The number of nitrogens with zero attached hydrogens (tertiary/aromatic N) is 7. The Bertz CT molecular complexity index is 2090. The molecule has 7 heterocycles. The minimum Gasteiger partial charge on any atom is -0.363 e. The van der Waals surface area contributed by atoms with E-state index in [0.717, 1.165) is 12.4 Å². The van der Waals surface area contributed by atoms with Gasteiger partial charge in [0.05, 0.1) is 34.2 Å². The number of anilines is 1. The van der Waals surface area contributed by atoms with Crippen molar-refractivity contribution >= 4 is 26.7 Å². The van der Waals surface area contributed by atoms with Gasteiger partial charge in [0.25, 0.3) is 11.5 Å². The predicted octanol–water partition coefficient (Wildman–Crippen LogP) is 4.79. The van der Waals surface area contributed by atoms with Crippen LogP contribution < -0.4 is 10.9 Å². The van der Waals surface area contributed by atoms with Crippen LogP contribution in [0.2, 0.25) is 0 Å². The molecule has 256 valence electrons. The molecule has 10 bridgehead atoms. The summed E-state index contributed by atoms with van der Waals surface area (Å²) in [7, 11) is -3.24. The van der Waals surface area contributed by atoms with E-state index in [1.54, 1.807) is 10.7 Å². The van der Waals surface area contributed by atoms with Crippen molar-refractivity contribution in [2.45, 2.75) is 82.9 Å². The second-order valence-electron chi connectivity index (χ2n) is 13.1. The van der Waals surface area contributed by atoms with Gasteiger partial charge < -0.3 is 5.32 Å². The van der Waals surface area contributed by atoms with Gasteiger partial charge in [0, 0.05) is 47.0 Å². The van der Waals surface area contributed by atoms with E-state index < -0.39 is 57.4 Å². The molecule has 0 aliphatic carbocycles. The number of hydrogen-bond donors (Lipinski definition) is 1. The van der Waals surface area contributed by atoms with Crippen molar-refractivity contribution in [2.24, 2.45) is 5.92 Å². The molecule has 0 unspecified atom stereocenters. The molecule has 48 heavy (non-hydrogen) atoms. The highest BCUT2D eigenvalue weighted by atomic mass is 32.2. The third kappa shape index (κ3) is 6.33. The largest absolute Gasteiger partial charge is 0.363 e. The monoisotopic (exact) mass is 687 g/mol. The van der Waals surface area contributed by atoms with E-state index in [2.05, 4.69) is 25.6 Å². The van der Waals surface area contributed by atoms with Crippen molar-refractivity contribution in [2.75, 3.05) is 29.9 Å². The summed E-state index contributed by atoms with van der Waals surface area (Å²) in [5, 5.41) is 11.6. The van der Waals surface area contributed by atoms with Gasteiger partial charge in [-0.1, -0.05) is 23.4 Å². The Morgan fingerprint density at radius 1 is 1.02 bits per heavy atom. The van der Waals surface area contributed by atoms with E-state index >= 15 is 13.2 Å². The lowest BCUT2D eigenvalue weighted by molar-refractivity contribution is -0.0886. The maximum Gasteiger partial charge on any atom is 0.278 e. The molecule has 1 atom stereocenters. The van der Waals surface area contributed by atoms with Crippen LogP contribution in [0.5, 0.6) is 0 Å². The van der Waals surface area contributed by atoms with Crippen molar-refractivity contribution in [1.82, 2.24) is 34.4 Å². The van der Waals surface area contributed by atoms with Gasteiger partial charge in [-0.25, -0.2) is 31.6 Å². The molecule has 0 saturated carbocycles. The van der Waals surface area contributed by atoms with Gasteiger partial charge in [-0.2, -0.15) is 0 Å². The third-order valence-electron chi connectivity index (χ3n) is 9.98. The number of halogens is 3. The molecule has 15 heteroatoms. The Hall–Kier alpha value is -3.85. The molecule has 0 radical (unpaired) electrons. The number of rotatable bonds is 1. The molecular weight excluding hydrogens is 645 g/mol. The first-order valence-corrected chi connectivity index (χ1v) is 18.2. The molecule has 4 aliphatic heterocycles. The first-order valence-electron chi connectivity index (χ1n) is 17.8. The second-order valence-corrected chi connectivity index (χ2v) is 15.4. The number of aryl methyl sites for hydroxylation is 2. The van der Waals surface area contributed by atoms with Crippen LogP contribution in [0.25, 0.3) is 11.0 Å². The van der Waals surface area contributed by atoms with Crippen LogP contribution in [0.3, 0.4) is 0 Å². The van der Waals surface area contributed by atoms with E-state index in [1.165, 1.54) is 16.7 Å². The van der Waals surface area contributed by atoms with Crippen LogP contribution in [0, 0.1) is 11.7 Å². The number of pyridine rings is 1. The Kier molecular flexibility index (Phi) is 7.81. The van der Waals surface area contributed by atoms with Crippen LogP contribution >= 0.6 is 0 Å². The third-order valence-corrected chi connectivity index (χ3v) is 11.7. The number of fused-ring (bicyclic) bond motifs is 6. The Morgan fingerprint density at radius 3 is 2.56 bits per heavy atom. The van der Waals surface area contributed by atoms with E-state index in [9.17, 15) is 13.2 Å². The standard InChI is InChI=1S/C33H39F3N8O3S/c1-21-25-5-4-6-28(29(25)34)33(35,36)23-7-13-42(14-8-23)18-24-19-43(41-40-24)11-2-3-12-44-31-27(30(39-21)37-20-38-31)17-26(32(44)45)22-9-15-48(46,47)16-10-22/h4-6,17,19-23H,2-3,7-16,18H2,1H3,(H,37,38,39)/t21-/m1/s1/i1D3.